The third kappa shape index (κ3) is 2.77. The number of carbonyl (C=O) groups is 2. The number of halogens is 1. The third-order valence-corrected chi connectivity index (χ3v) is 3.01. The van der Waals surface area contributed by atoms with Gasteiger partial charge in [0, 0.05) is 13.0 Å². The number of rotatable bonds is 2. The summed E-state index contributed by atoms with van der Waals surface area (Å²) >= 11 is 5.91. The lowest BCUT2D eigenvalue weighted by Gasteiger charge is -2.26. The van der Waals surface area contributed by atoms with Gasteiger partial charge in [0.15, 0.2) is 0 Å². The minimum atomic E-state index is -0.342. The maximum atomic E-state index is 11.9. The Bertz CT molecular complexity index is 448. The van der Waals surface area contributed by atoms with Crippen LogP contribution in [0.25, 0.3) is 0 Å². The SMILES string of the molecule is O=C(NN1CCCCC1=O)c1ccccc1Cl. The summed E-state index contributed by atoms with van der Waals surface area (Å²) in [6.07, 6.45) is 2.29. The van der Waals surface area contributed by atoms with E-state index in [9.17, 15) is 9.59 Å². The molecule has 1 fully saturated rings. The number of piperidine rings is 1. The highest BCUT2D eigenvalue weighted by molar-refractivity contribution is 6.33. The van der Waals surface area contributed by atoms with Crippen LogP contribution in [0.15, 0.2) is 24.3 Å². The maximum absolute atomic E-state index is 11.9. The molecule has 2 rings (SSSR count). The first-order valence-electron chi connectivity index (χ1n) is 5.54. The third-order valence-electron chi connectivity index (χ3n) is 2.68. The zero-order valence-corrected chi connectivity index (χ0v) is 10.0. The minimum absolute atomic E-state index is 0.0448. The van der Waals surface area contributed by atoms with E-state index >= 15 is 0 Å². The Morgan fingerprint density at radius 3 is 2.76 bits per heavy atom. The van der Waals surface area contributed by atoms with Crippen molar-refractivity contribution < 1.29 is 9.59 Å². The second-order valence-corrected chi connectivity index (χ2v) is 4.33. The van der Waals surface area contributed by atoms with E-state index in [-0.39, 0.29) is 11.8 Å². The molecule has 4 nitrogen and oxygen atoms in total. The van der Waals surface area contributed by atoms with Crippen LogP contribution in [0.2, 0.25) is 5.02 Å². The molecule has 5 heteroatoms. The van der Waals surface area contributed by atoms with Crippen LogP contribution in [-0.2, 0) is 4.79 Å². The van der Waals surface area contributed by atoms with Crippen molar-refractivity contribution in [1.29, 1.82) is 0 Å². The Labute approximate surface area is 105 Å². The van der Waals surface area contributed by atoms with E-state index in [1.807, 2.05) is 0 Å². The standard InChI is InChI=1S/C12H13ClN2O2/c13-10-6-2-1-5-9(10)12(17)14-15-8-4-3-7-11(15)16/h1-2,5-6H,3-4,7-8H2,(H,14,17). The van der Waals surface area contributed by atoms with Gasteiger partial charge >= 0.3 is 0 Å². The summed E-state index contributed by atoms with van der Waals surface area (Å²) in [7, 11) is 0. The minimum Gasteiger partial charge on any atom is -0.273 e. The normalized spacial score (nSPS) is 15.8. The average Bonchev–Trinajstić information content (AvgIpc) is 2.32. The summed E-state index contributed by atoms with van der Waals surface area (Å²) in [4.78, 5) is 23.4. The molecule has 0 aliphatic carbocycles. The molecule has 1 aliphatic heterocycles. The van der Waals surface area contributed by atoms with Gasteiger partial charge in [-0.15, -0.1) is 0 Å². The topological polar surface area (TPSA) is 49.4 Å². The quantitative estimate of drug-likeness (QED) is 0.875. The van der Waals surface area contributed by atoms with Crippen molar-refractivity contribution in [1.82, 2.24) is 10.4 Å². The summed E-state index contributed by atoms with van der Waals surface area (Å²) in [6, 6.07) is 6.77. The number of benzene rings is 1. The number of hydrogen-bond donors (Lipinski definition) is 1. The number of carbonyl (C=O) groups excluding carboxylic acids is 2. The largest absolute Gasteiger partial charge is 0.273 e. The molecule has 0 radical (unpaired) electrons. The van der Waals surface area contributed by atoms with Crippen molar-refractivity contribution in [3.8, 4) is 0 Å². The molecule has 1 heterocycles. The zero-order chi connectivity index (χ0) is 12.3. The lowest BCUT2D eigenvalue weighted by Crippen LogP contribution is -2.48. The van der Waals surface area contributed by atoms with Gasteiger partial charge in [-0.05, 0) is 25.0 Å². The summed E-state index contributed by atoms with van der Waals surface area (Å²) in [6.45, 7) is 0.565. The fraction of sp³-hybridized carbons (Fsp3) is 0.333. The Balaban J connectivity index is 2.06. The lowest BCUT2D eigenvalue weighted by atomic mass is 10.1. The number of nitrogens with one attached hydrogen (secondary N) is 1. The highest BCUT2D eigenvalue weighted by atomic mass is 35.5. The van der Waals surface area contributed by atoms with Gasteiger partial charge in [-0.2, -0.15) is 0 Å². The molecule has 1 aromatic rings. The fourth-order valence-electron chi connectivity index (χ4n) is 1.75. The Morgan fingerprint density at radius 2 is 2.06 bits per heavy atom. The predicted molar refractivity (Wildman–Crippen MR) is 64.5 cm³/mol. The summed E-state index contributed by atoms with van der Waals surface area (Å²) in [5.41, 5.74) is 2.97. The highest BCUT2D eigenvalue weighted by Crippen LogP contribution is 2.15. The van der Waals surface area contributed by atoms with Gasteiger partial charge in [-0.25, -0.2) is 0 Å². The van der Waals surface area contributed by atoms with Crippen LogP contribution in [0.1, 0.15) is 29.6 Å². The molecule has 1 aromatic carbocycles. The molecule has 17 heavy (non-hydrogen) atoms. The number of hydrogen-bond acceptors (Lipinski definition) is 2. The molecular weight excluding hydrogens is 240 g/mol. The van der Waals surface area contributed by atoms with Crippen molar-refractivity contribution in [3.63, 3.8) is 0 Å². The van der Waals surface area contributed by atoms with E-state index in [1.54, 1.807) is 24.3 Å². The second-order valence-electron chi connectivity index (χ2n) is 3.92. The van der Waals surface area contributed by atoms with Crippen molar-refractivity contribution in [2.75, 3.05) is 6.54 Å². The Morgan fingerprint density at radius 1 is 1.29 bits per heavy atom. The molecule has 0 aromatic heterocycles. The molecule has 0 atom stereocenters. The van der Waals surface area contributed by atoms with Gasteiger partial charge in [0.1, 0.15) is 0 Å². The molecule has 1 aliphatic rings. The monoisotopic (exact) mass is 252 g/mol. The van der Waals surface area contributed by atoms with E-state index in [4.69, 9.17) is 11.6 Å². The maximum Gasteiger partial charge on any atom is 0.271 e. The summed E-state index contributed by atoms with van der Waals surface area (Å²) < 4.78 is 0. The molecule has 1 saturated heterocycles. The van der Waals surface area contributed by atoms with Crippen LogP contribution in [0.4, 0.5) is 0 Å². The lowest BCUT2D eigenvalue weighted by molar-refractivity contribution is -0.135. The van der Waals surface area contributed by atoms with Gasteiger partial charge in [-0.1, -0.05) is 23.7 Å². The molecule has 0 unspecified atom stereocenters. The van der Waals surface area contributed by atoms with E-state index < -0.39 is 0 Å². The van der Waals surface area contributed by atoms with E-state index in [2.05, 4.69) is 5.43 Å². The average molecular weight is 253 g/mol. The van der Waals surface area contributed by atoms with E-state index in [1.165, 1.54) is 5.01 Å². The molecule has 0 bridgehead atoms. The van der Waals surface area contributed by atoms with Crippen LogP contribution in [0, 0.1) is 0 Å². The van der Waals surface area contributed by atoms with Crippen molar-refractivity contribution in [3.05, 3.63) is 34.9 Å². The van der Waals surface area contributed by atoms with Crippen molar-refractivity contribution >= 4 is 23.4 Å². The number of amides is 2. The first-order chi connectivity index (χ1) is 8.18. The number of nitrogens with zero attached hydrogens (tertiary/aromatic N) is 1. The predicted octanol–water partition coefficient (Wildman–Crippen LogP) is 2.00. The van der Waals surface area contributed by atoms with Gasteiger partial charge in [-0.3, -0.25) is 20.0 Å². The summed E-state index contributed by atoms with van der Waals surface area (Å²) in [5, 5.41) is 1.75. The van der Waals surface area contributed by atoms with Crippen LogP contribution in [0.5, 0.6) is 0 Å². The first-order valence-corrected chi connectivity index (χ1v) is 5.92. The molecule has 0 saturated carbocycles. The van der Waals surface area contributed by atoms with Gasteiger partial charge in [0.2, 0.25) is 5.91 Å². The second kappa shape index (κ2) is 5.19. The summed E-state index contributed by atoms with van der Waals surface area (Å²) in [5.74, 6) is -0.387. The Kier molecular flexibility index (Phi) is 3.64. The molecule has 1 N–H and O–H groups in total. The Hall–Kier alpha value is -1.55. The zero-order valence-electron chi connectivity index (χ0n) is 9.28. The smallest absolute Gasteiger partial charge is 0.271 e. The van der Waals surface area contributed by atoms with Gasteiger partial charge < -0.3 is 0 Å². The van der Waals surface area contributed by atoms with Gasteiger partial charge in [0.25, 0.3) is 5.91 Å². The number of hydrazine groups is 1. The van der Waals surface area contributed by atoms with Crippen molar-refractivity contribution in [2.24, 2.45) is 0 Å². The van der Waals surface area contributed by atoms with Crippen LogP contribution in [-0.4, -0.2) is 23.4 Å². The van der Waals surface area contributed by atoms with Crippen LogP contribution < -0.4 is 5.43 Å². The van der Waals surface area contributed by atoms with Crippen LogP contribution in [0.3, 0.4) is 0 Å². The van der Waals surface area contributed by atoms with Crippen LogP contribution >= 0.6 is 11.6 Å². The highest BCUT2D eigenvalue weighted by Gasteiger charge is 2.21. The van der Waals surface area contributed by atoms with E-state index in [0.717, 1.165) is 12.8 Å². The van der Waals surface area contributed by atoms with Crippen molar-refractivity contribution in [2.45, 2.75) is 19.3 Å². The van der Waals surface area contributed by atoms with Gasteiger partial charge in [0.05, 0.1) is 10.6 Å². The first kappa shape index (κ1) is 11.9. The molecular formula is C12H13ClN2O2. The molecule has 0 spiro atoms. The fourth-order valence-corrected chi connectivity index (χ4v) is 1.97. The molecule has 2 amide bonds. The molecule has 90 valence electrons. The van der Waals surface area contributed by atoms with E-state index in [0.29, 0.717) is 23.6 Å².